The molecule has 1 saturated heterocycles. The second-order valence-corrected chi connectivity index (χ2v) is 6.64. The lowest BCUT2D eigenvalue weighted by Crippen LogP contribution is -2.46. The highest BCUT2D eigenvalue weighted by Gasteiger charge is 2.26. The number of hydrogen-bond acceptors (Lipinski definition) is 4. The Morgan fingerprint density at radius 2 is 2.50 bits per heavy atom. The second-order valence-electron chi connectivity index (χ2n) is 5.64. The number of fused-ring (bicyclic) bond motifs is 1. The molecule has 0 spiro atoms. The van der Waals surface area contributed by atoms with Crippen molar-refractivity contribution in [1.82, 2.24) is 15.1 Å². The molecule has 0 aromatic carbocycles. The quantitative estimate of drug-likeness (QED) is 0.909. The van der Waals surface area contributed by atoms with Gasteiger partial charge in [-0.1, -0.05) is 6.92 Å². The zero-order valence-corrected chi connectivity index (χ0v) is 12.9. The molecule has 1 fully saturated rings. The van der Waals surface area contributed by atoms with Crippen LogP contribution in [-0.4, -0.2) is 54.5 Å². The molecule has 0 bridgehead atoms. The van der Waals surface area contributed by atoms with E-state index in [-0.39, 0.29) is 5.91 Å². The van der Waals surface area contributed by atoms with E-state index >= 15 is 0 Å². The molecule has 2 aliphatic heterocycles. The number of nitrogens with zero attached hydrogens (tertiary/aromatic N) is 2. The summed E-state index contributed by atoms with van der Waals surface area (Å²) in [5.41, 5.74) is 1.35. The van der Waals surface area contributed by atoms with E-state index in [4.69, 9.17) is 0 Å². The molecule has 0 saturated carbocycles. The highest BCUT2D eigenvalue weighted by Crippen LogP contribution is 2.24. The SMILES string of the molecule is CCN(CC(=O)N1CCc2sccc2C1)C1CCNC1. The molecule has 110 valence electrons. The van der Waals surface area contributed by atoms with Gasteiger partial charge in [-0.3, -0.25) is 9.69 Å². The van der Waals surface area contributed by atoms with Crippen LogP contribution >= 0.6 is 11.3 Å². The molecule has 1 amide bonds. The van der Waals surface area contributed by atoms with Crippen LogP contribution in [0.1, 0.15) is 23.8 Å². The lowest BCUT2D eigenvalue weighted by molar-refractivity contribution is -0.133. The standard InChI is InChI=1S/C15H23N3OS/c1-2-17(13-3-6-16-9-13)11-15(19)18-7-4-14-12(10-18)5-8-20-14/h5,8,13,16H,2-4,6-7,9-11H2,1H3. The van der Waals surface area contributed by atoms with E-state index < -0.39 is 0 Å². The molecule has 1 N–H and O–H groups in total. The fraction of sp³-hybridized carbons (Fsp3) is 0.667. The molecule has 2 aliphatic rings. The maximum absolute atomic E-state index is 12.5. The lowest BCUT2D eigenvalue weighted by atomic mass is 10.1. The third-order valence-electron chi connectivity index (χ3n) is 4.46. The highest BCUT2D eigenvalue weighted by molar-refractivity contribution is 7.10. The van der Waals surface area contributed by atoms with Crippen molar-refractivity contribution in [3.8, 4) is 0 Å². The summed E-state index contributed by atoms with van der Waals surface area (Å²) in [6.45, 7) is 7.47. The second kappa shape index (κ2) is 6.24. The molecule has 3 heterocycles. The molecule has 1 aromatic rings. The maximum Gasteiger partial charge on any atom is 0.237 e. The fourth-order valence-corrected chi connectivity index (χ4v) is 4.07. The van der Waals surface area contributed by atoms with Crippen LogP contribution in [0.15, 0.2) is 11.4 Å². The van der Waals surface area contributed by atoms with Crippen molar-refractivity contribution < 1.29 is 4.79 Å². The largest absolute Gasteiger partial charge is 0.337 e. The van der Waals surface area contributed by atoms with Gasteiger partial charge < -0.3 is 10.2 Å². The predicted octanol–water partition coefficient (Wildman–Crippen LogP) is 1.32. The van der Waals surface area contributed by atoms with Gasteiger partial charge in [-0.25, -0.2) is 0 Å². The molecule has 0 radical (unpaired) electrons. The van der Waals surface area contributed by atoms with Crippen LogP contribution in [0.2, 0.25) is 0 Å². The van der Waals surface area contributed by atoms with E-state index in [0.29, 0.717) is 12.6 Å². The molecule has 1 aromatic heterocycles. The fourth-order valence-electron chi connectivity index (χ4n) is 3.19. The van der Waals surface area contributed by atoms with Crippen LogP contribution in [0.3, 0.4) is 0 Å². The number of rotatable bonds is 4. The molecule has 1 unspecified atom stereocenters. The van der Waals surface area contributed by atoms with E-state index in [2.05, 4.69) is 28.6 Å². The summed E-state index contributed by atoms with van der Waals surface area (Å²) >= 11 is 1.82. The summed E-state index contributed by atoms with van der Waals surface area (Å²) < 4.78 is 0. The molecule has 4 nitrogen and oxygen atoms in total. The maximum atomic E-state index is 12.5. The average molecular weight is 293 g/mol. The van der Waals surface area contributed by atoms with Crippen LogP contribution in [0, 0.1) is 0 Å². The number of likely N-dealkylation sites (N-methyl/N-ethyl adjacent to an activating group) is 1. The number of amides is 1. The number of carbonyl (C=O) groups is 1. The highest BCUT2D eigenvalue weighted by atomic mass is 32.1. The Labute approximate surface area is 124 Å². The Morgan fingerprint density at radius 3 is 3.25 bits per heavy atom. The average Bonchev–Trinajstić information content (AvgIpc) is 3.14. The minimum absolute atomic E-state index is 0.288. The van der Waals surface area contributed by atoms with Crippen molar-refractivity contribution in [3.63, 3.8) is 0 Å². The van der Waals surface area contributed by atoms with Crippen molar-refractivity contribution in [3.05, 3.63) is 21.9 Å². The van der Waals surface area contributed by atoms with Gasteiger partial charge in [0.05, 0.1) is 6.54 Å². The number of carbonyl (C=O) groups excluding carboxylic acids is 1. The Bertz CT molecular complexity index is 467. The Balaban J connectivity index is 1.59. The molecule has 1 atom stereocenters. The van der Waals surface area contributed by atoms with E-state index in [9.17, 15) is 4.79 Å². The van der Waals surface area contributed by atoms with E-state index in [1.807, 2.05) is 16.2 Å². The van der Waals surface area contributed by atoms with E-state index in [1.54, 1.807) is 0 Å². The van der Waals surface area contributed by atoms with Gasteiger partial charge in [0.2, 0.25) is 5.91 Å². The summed E-state index contributed by atoms with van der Waals surface area (Å²) in [5, 5.41) is 5.52. The van der Waals surface area contributed by atoms with Gasteiger partial charge in [0.1, 0.15) is 0 Å². The first-order valence-corrected chi connectivity index (χ1v) is 8.43. The summed E-state index contributed by atoms with van der Waals surface area (Å²) in [4.78, 5) is 18.3. The molecule has 3 rings (SSSR count). The van der Waals surface area contributed by atoms with Crippen LogP contribution in [-0.2, 0) is 17.8 Å². The topological polar surface area (TPSA) is 35.6 Å². The van der Waals surface area contributed by atoms with Crippen molar-refractivity contribution in [2.75, 3.05) is 32.7 Å². The van der Waals surface area contributed by atoms with Crippen molar-refractivity contribution >= 4 is 17.2 Å². The molecule has 0 aliphatic carbocycles. The molecular weight excluding hydrogens is 270 g/mol. The van der Waals surface area contributed by atoms with Crippen molar-refractivity contribution in [2.45, 2.75) is 32.4 Å². The van der Waals surface area contributed by atoms with Crippen LogP contribution < -0.4 is 5.32 Å². The van der Waals surface area contributed by atoms with Gasteiger partial charge in [0, 0.05) is 30.6 Å². The third kappa shape index (κ3) is 2.90. The summed E-state index contributed by atoms with van der Waals surface area (Å²) in [6.07, 6.45) is 2.19. The van der Waals surface area contributed by atoms with Gasteiger partial charge in [-0.15, -0.1) is 11.3 Å². The summed E-state index contributed by atoms with van der Waals surface area (Å²) in [6, 6.07) is 2.70. The molecule has 5 heteroatoms. The molecular formula is C15H23N3OS. The van der Waals surface area contributed by atoms with E-state index in [0.717, 1.165) is 45.6 Å². The zero-order chi connectivity index (χ0) is 13.9. The Hall–Kier alpha value is -0.910. The summed E-state index contributed by atoms with van der Waals surface area (Å²) in [7, 11) is 0. The van der Waals surface area contributed by atoms with Crippen LogP contribution in [0.4, 0.5) is 0 Å². The van der Waals surface area contributed by atoms with Gasteiger partial charge >= 0.3 is 0 Å². The van der Waals surface area contributed by atoms with Crippen LogP contribution in [0.25, 0.3) is 0 Å². The normalized spacial score (nSPS) is 22.3. The minimum atomic E-state index is 0.288. The predicted molar refractivity (Wildman–Crippen MR) is 82.0 cm³/mol. The summed E-state index contributed by atoms with van der Waals surface area (Å²) in [5.74, 6) is 0.288. The van der Waals surface area contributed by atoms with Crippen molar-refractivity contribution in [1.29, 1.82) is 0 Å². The first kappa shape index (κ1) is 14.0. The number of hydrogen-bond donors (Lipinski definition) is 1. The van der Waals surface area contributed by atoms with Gasteiger partial charge in [-0.05, 0) is 42.9 Å². The van der Waals surface area contributed by atoms with Gasteiger partial charge in [0.15, 0.2) is 0 Å². The number of thiophene rings is 1. The smallest absolute Gasteiger partial charge is 0.237 e. The van der Waals surface area contributed by atoms with Crippen LogP contribution in [0.5, 0.6) is 0 Å². The first-order valence-electron chi connectivity index (χ1n) is 7.55. The minimum Gasteiger partial charge on any atom is -0.337 e. The Kier molecular flexibility index (Phi) is 4.38. The first-order chi connectivity index (χ1) is 9.78. The Morgan fingerprint density at radius 1 is 1.60 bits per heavy atom. The third-order valence-corrected chi connectivity index (χ3v) is 5.48. The van der Waals surface area contributed by atoms with Gasteiger partial charge in [-0.2, -0.15) is 0 Å². The van der Waals surface area contributed by atoms with Gasteiger partial charge in [0.25, 0.3) is 0 Å². The zero-order valence-electron chi connectivity index (χ0n) is 12.1. The lowest BCUT2D eigenvalue weighted by Gasteiger charge is -2.32. The number of nitrogens with one attached hydrogen (secondary N) is 1. The van der Waals surface area contributed by atoms with Crippen molar-refractivity contribution in [2.24, 2.45) is 0 Å². The monoisotopic (exact) mass is 293 g/mol. The van der Waals surface area contributed by atoms with E-state index in [1.165, 1.54) is 10.4 Å². The molecule has 20 heavy (non-hydrogen) atoms.